The van der Waals surface area contributed by atoms with Crippen LogP contribution in [0, 0.1) is 81.8 Å². The molecule has 5 rings (SSSR count). The van der Waals surface area contributed by atoms with Gasteiger partial charge in [0.1, 0.15) is 0 Å². The lowest BCUT2D eigenvalue weighted by Gasteiger charge is -2.54. The zero-order chi connectivity index (χ0) is 30.4. The molecule has 1 heteroatoms. The van der Waals surface area contributed by atoms with E-state index in [1.54, 1.807) is 11.1 Å². The first kappa shape index (κ1) is 31.6. The van der Waals surface area contributed by atoms with Crippen LogP contribution in [-0.2, 0) is 0 Å². The van der Waals surface area contributed by atoms with E-state index in [9.17, 15) is 0 Å². The molecule has 5 aliphatic carbocycles. The summed E-state index contributed by atoms with van der Waals surface area (Å²) in [5.41, 5.74) is 5.37. The first-order valence-corrected chi connectivity index (χ1v) is 20.6. The lowest BCUT2D eigenvalue weighted by molar-refractivity contribution is 0.0134. The highest BCUT2D eigenvalue weighted by atomic mass is 28.3. The molecule has 0 N–H and O–H groups in total. The maximum Gasteiger partial charge on any atom is 0.0584 e. The lowest BCUT2D eigenvalue weighted by Crippen LogP contribution is -2.52. The summed E-state index contributed by atoms with van der Waals surface area (Å²) in [5.74, 6) is 9.64. The Hall–Kier alpha value is -0.823. The van der Waals surface area contributed by atoms with Gasteiger partial charge in [-0.1, -0.05) is 145 Å². The number of rotatable bonds is 4. The van der Waals surface area contributed by atoms with E-state index >= 15 is 0 Å². The van der Waals surface area contributed by atoms with Crippen molar-refractivity contribution in [2.24, 2.45) is 81.8 Å². The first-order chi connectivity index (χ1) is 18.9. The Morgan fingerprint density at radius 1 is 0.561 bits per heavy atom. The van der Waals surface area contributed by atoms with Gasteiger partial charge in [0, 0.05) is 0 Å². The Bertz CT molecular complexity index is 1050. The summed E-state index contributed by atoms with van der Waals surface area (Å²) < 4.78 is 0. The van der Waals surface area contributed by atoms with Crippen molar-refractivity contribution in [1.82, 2.24) is 0 Å². The standard InChI is InChI=1S/C40H66Si/c1-15-20-41(14,37-28(7)27(6)35-25(4)23(2)24(3)26(5)36(35)37)38-33-21-29(39(8,9)10)16-18-31(33)32-19-17-30(22-34(32)38)40(11,12)13/h16-19,21-28,31-38H,15,20H2,1-14H3/t23?,24?,25?,26?,27?,28-,31-,32?,33?,34?,35?,36?,37?,38?,41+/m0/s1. The van der Waals surface area contributed by atoms with Crippen molar-refractivity contribution in [3.05, 3.63) is 47.6 Å². The van der Waals surface area contributed by atoms with Crippen molar-refractivity contribution in [1.29, 1.82) is 0 Å². The first-order valence-electron chi connectivity index (χ1n) is 17.8. The Balaban J connectivity index is 1.69. The SMILES string of the molecule is CCC[Si@@](C)(C1C2C=C(C(C)(C)C)C=CC2[C@@H]2C=CC(C(C)(C)C)=CC12)C1C2C(C)C(C)C(C)C(C)C2C(C)[C@@H]1C. The van der Waals surface area contributed by atoms with Crippen LogP contribution in [0.3, 0.4) is 0 Å². The third-order valence-electron chi connectivity index (χ3n) is 14.5. The van der Waals surface area contributed by atoms with Gasteiger partial charge in [0.15, 0.2) is 0 Å². The molecule has 41 heavy (non-hydrogen) atoms. The lowest BCUT2D eigenvalue weighted by atomic mass is 9.58. The van der Waals surface area contributed by atoms with Crippen LogP contribution in [0.25, 0.3) is 0 Å². The van der Waals surface area contributed by atoms with Gasteiger partial charge in [-0.3, -0.25) is 0 Å². The average molecular weight is 575 g/mol. The maximum atomic E-state index is 2.96. The molecule has 0 aromatic carbocycles. The van der Waals surface area contributed by atoms with E-state index < -0.39 is 8.07 Å². The monoisotopic (exact) mass is 574 g/mol. The molecule has 230 valence electrons. The maximum absolute atomic E-state index is 2.96. The van der Waals surface area contributed by atoms with E-state index in [1.807, 2.05) is 0 Å². The van der Waals surface area contributed by atoms with Crippen LogP contribution in [0.1, 0.15) is 96.4 Å². The second-order valence-corrected chi connectivity index (χ2v) is 23.2. The van der Waals surface area contributed by atoms with Gasteiger partial charge in [0.05, 0.1) is 8.07 Å². The average Bonchev–Trinajstić information content (AvgIpc) is 3.36. The molecule has 12 unspecified atom stereocenters. The highest BCUT2D eigenvalue weighted by molar-refractivity contribution is 6.82. The molecule has 0 amide bonds. The molecule has 0 radical (unpaired) electrons. The highest BCUT2D eigenvalue weighted by Crippen LogP contribution is 2.70. The van der Waals surface area contributed by atoms with Crippen molar-refractivity contribution < 1.29 is 0 Å². The minimum atomic E-state index is -1.77. The molecule has 0 nitrogen and oxygen atoms in total. The summed E-state index contributed by atoms with van der Waals surface area (Å²) in [7, 11) is -1.77. The van der Waals surface area contributed by atoms with Gasteiger partial charge in [-0.25, -0.2) is 0 Å². The van der Waals surface area contributed by atoms with Gasteiger partial charge in [-0.2, -0.15) is 0 Å². The van der Waals surface area contributed by atoms with Crippen molar-refractivity contribution in [2.45, 2.75) is 120 Å². The fraction of sp³-hybridized carbons (Fsp3) is 0.800. The fourth-order valence-corrected chi connectivity index (χ4v) is 19.4. The van der Waals surface area contributed by atoms with Crippen LogP contribution >= 0.6 is 0 Å². The number of allylic oxidation sites excluding steroid dienone is 8. The van der Waals surface area contributed by atoms with E-state index in [-0.39, 0.29) is 10.8 Å². The van der Waals surface area contributed by atoms with Crippen LogP contribution in [0.4, 0.5) is 0 Å². The molecule has 0 heterocycles. The van der Waals surface area contributed by atoms with Crippen LogP contribution < -0.4 is 0 Å². The van der Waals surface area contributed by atoms with Crippen LogP contribution in [-0.4, -0.2) is 8.07 Å². The minimum Gasteiger partial charge on any atom is -0.0799 e. The molecule has 0 saturated heterocycles. The van der Waals surface area contributed by atoms with E-state index in [4.69, 9.17) is 0 Å². The summed E-state index contributed by atoms with van der Waals surface area (Å²) in [6.45, 7) is 36.0. The van der Waals surface area contributed by atoms with Gasteiger partial charge >= 0.3 is 0 Å². The van der Waals surface area contributed by atoms with Crippen LogP contribution in [0.15, 0.2) is 47.6 Å². The fourth-order valence-electron chi connectivity index (χ4n) is 11.9. The Morgan fingerprint density at radius 3 is 1.39 bits per heavy atom. The van der Waals surface area contributed by atoms with Gasteiger partial charge in [0.2, 0.25) is 0 Å². The van der Waals surface area contributed by atoms with Gasteiger partial charge in [-0.05, 0) is 104 Å². The molecule has 0 aromatic heterocycles. The van der Waals surface area contributed by atoms with Crippen LogP contribution in [0.5, 0.6) is 0 Å². The second kappa shape index (κ2) is 10.7. The van der Waals surface area contributed by atoms with Gasteiger partial charge < -0.3 is 0 Å². The summed E-state index contributed by atoms with van der Waals surface area (Å²) in [6, 6.07) is 1.50. The predicted molar refractivity (Wildman–Crippen MR) is 183 cm³/mol. The summed E-state index contributed by atoms with van der Waals surface area (Å²) in [6.07, 6.45) is 17.5. The summed E-state index contributed by atoms with van der Waals surface area (Å²) in [5, 5.41) is 0. The minimum absolute atomic E-state index is 0.212. The Kier molecular flexibility index (Phi) is 8.22. The molecule has 0 spiro atoms. The molecule has 3 saturated carbocycles. The molecule has 3 fully saturated rings. The van der Waals surface area contributed by atoms with Crippen molar-refractivity contribution in [3.8, 4) is 0 Å². The number of hydrogen-bond donors (Lipinski definition) is 0. The van der Waals surface area contributed by atoms with Crippen molar-refractivity contribution in [2.75, 3.05) is 0 Å². The molecule has 0 aromatic rings. The number of hydrogen-bond acceptors (Lipinski definition) is 0. The van der Waals surface area contributed by atoms with E-state index in [1.165, 1.54) is 12.5 Å². The van der Waals surface area contributed by atoms with Gasteiger partial charge in [-0.15, -0.1) is 0 Å². The van der Waals surface area contributed by atoms with E-state index in [2.05, 4.69) is 133 Å². The van der Waals surface area contributed by atoms with E-state index in [0.717, 1.165) is 58.4 Å². The zero-order valence-electron chi connectivity index (χ0n) is 29.5. The summed E-state index contributed by atoms with van der Waals surface area (Å²) in [4.78, 5) is 0. The smallest absolute Gasteiger partial charge is 0.0584 e. The second-order valence-electron chi connectivity index (χ2n) is 18.4. The quantitative estimate of drug-likeness (QED) is 0.293. The highest BCUT2D eigenvalue weighted by Gasteiger charge is 2.65. The number of fused-ring (bicyclic) bond motifs is 4. The topological polar surface area (TPSA) is 0 Å². The zero-order valence-corrected chi connectivity index (χ0v) is 30.5. The molecule has 5 aliphatic rings. The molecular formula is C40H66Si. The Morgan fingerprint density at radius 2 is 0.976 bits per heavy atom. The van der Waals surface area contributed by atoms with E-state index in [0.29, 0.717) is 23.7 Å². The van der Waals surface area contributed by atoms with Crippen LogP contribution in [0.2, 0.25) is 23.7 Å². The normalized spacial score (nSPS) is 47.3. The molecule has 0 aliphatic heterocycles. The van der Waals surface area contributed by atoms with Crippen molar-refractivity contribution in [3.63, 3.8) is 0 Å². The third-order valence-corrected chi connectivity index (χ3v) is 20.8. The molecule has 15 atom stereocenters. The summed E-state index contributed by atoms with van der Waals surface area (Å²) >= 11 is 0. The van der Waals surface area contributed by atoms with Gasteiger partial charge in [0.25, 0.3) is 0 Å². The predicted octanol–water partition coefficient (Wildman–Crippen LogP) is 11.9. The molecule has 0 bridgehead atoms. The molecular weight excluding hydrogens is 509 g/mol. The van der Waals surface area contributed by atoms with Crippen molar-refractivity contribution >= 4 is 8.07 Å². The Labute approximate surface area is 257 Å². The largest absolute Gasteiger partial charge is 0.0799 e. The third kappa shape index (κ3) is 4.89.